The van der Waals surface area contributed by atoms with Crippen molar-refractivity contribution in [3.05, 3.63) is 94.3 Å². The van der Waals surface area contributed by atoms with Crippen molar-refractivity contribution in [3.63, 3.8) is 0 Å². The number of azo groups is 2. The molecule has 196 valence electrons. The molecular weight excluding hydrogens is 492 g/mol. The molecule has 0 aliphatic carbocycles. The van der Waals surface area contributed by atoms with Crippen molar-refractivity contribution in [1.82, 2.24) is 14.3 Å². The fourth-order valence-corrected chi connectivity index (χ4v) is 5.00. The molecular formula is C29H28N8O2. The number of rotatable bonds is 4. The lowest BCUT2D eigenvalue weighted by molar-refractivity contribution is 0.277. The van der Waals surface area contributed by atoms with Crippen LogP contribution in [0, 0.1) is 12.3 Å². The Morgan fingerprint density at radius 3 is 2.44 bits per heavy atom. The molecule has 1 saturated heterocycles. The van der Waals surface area contributed by atoms with E-state index in [-0.39, 0.29) is 22.8 Å². The molecule has 2 aliphatic heterocycles. The molecule has 0 saturated carbocycles. The predicted molar refractivity (Wildman–Crippen MR) is 150 cm³/mol. The SMILES string of the molecule is Cc1c(N=N/C2=C(\N3CCCCC3)N=Nc3c(ccc4ccccc34)OC2=N)c(=O)n(-c2ccccc2)n1C. The minimum atomic E-state index is -0.304. The fourth-order valence-electron chi connectivity index (χ4n) is 5.00. The van der Waals surface area contributed by atoms with E-state index in [0.717, 1.165) is 48.8 Å². The van der Waals surface area contributed by atoms with Gasteiger partial charge in [-0.15, -0.1) is 20.5 Å². The number of hydrogen-bond donors (Lipinski definition) is 1. The molecule has 0 spiro atoms. The summed E-state index contributed by atoms with van der Waals surface area (Å²) >= 11 is 0. The Morgan fingerprint density at radius 2 is 1.64 bits per heavy atom. The third kappa shape index (κ3) is 4.43. The number of benzene rings is 3. The minimum Gasteiger partial charge on any atom is -0.435 e. The van der Waals surface area contributed by atoms with E-state index in [1.807, 2.05) is 67.6 Å². The maximum atomic E-state index is 13.4. The van der Waals surface area contributed by atoms with E-state index >= 15 is 0 Å². The van der Waals surface area contributed by atoms with Gasteiger partial charge >= 0.3 is 0 Å². The molecule has 6 rings (SSSR count). The van der Waals surface area contributed by atoms with E-state index < -0.39 is 0 Å². The van der Waals surface area contributed by atoms with Crippen molar-refractivity contribution in [2.75, 3.05) is 13.1 Å². The Kier molecular flexibility index (Phi) is 6.36. The molecule has 0 bridgehead atoms. The number of nitrogens with one attached hydrogen (secondary N) is 1. The zero-order valence-electron chi connectivity index (χ0n) is 21.8. The van der Waals surface area contributed by atoms with Gasteiger partial charge in [-0.2, -0.15) is 0 Å². The Balaban J connectivity index is 1.48. The molecule has 10 nitrogen and oxygen atoms in total. The van der Waals surface area contributed by atoms with Gasteiger partial charge in [0.25, 0.3) is 5.56 Å². The molecule has 4 aromatic rings. The van der Waals surface area contributed by atoms with Crippen LogP contribution in [0.3, 0.4) is 0 Å². The lowest BCUT2D eigenvalue weighted by Gasteiger charge is -2.29. The Morgan fingerprint density at radius 1 is 0.897 bits per heavy atom. The van der Waals surface area contributed by atoms with Crippen molar-refractivity contribution in [1.29, 1.82) is 5.41 Å². The molecule has 0 radical (unpaired) electrons. The summed E-state index contributed by atoms with van der Waals surface area (Å²) in [5.41, 5.74) is 1.94. The van der Waals surface area contributed by atoms with Gasteiger partial charge in [-0.1, -0.05) is 48.5 Å². The summed E-state index contributed by atoms with van der Waals surface area (Å²) in [7, 11) is 1.80. The second-order valence-electron chi connectivity index (χ2n) is 9.59. The van der Waals surface area contributed by atoms with Gasteiger partial charge in [-0.05, 0) is 49.8 Å². The van der Waals surface area contributed by atoms with Gasteiger partial charge in [0.2, 0.25) is 5.90 Å². The standard InChI is InChI=1S/C29H28N8O2/c1-19-24(29(38)37(35(19)2)21-12-5-3-6-13-21)31-33-26-27(30)39-23-16-15-20-11-7-8-14-22(20)25(23)32-34-28(26)36-17-9-4-10-18-36/h3,5-8,11-16,30H,4,9-10,17-18H2,1-2H3/b28-26-,30-27?,33-31?,34-32?. The first-order valence-electron chi connectivity index (χ1n) is 13.0. The predicted octanol–water partition coefficient (Wildman–Crippen LogP) is 6.53. The quantitative estimate of drug-likeness (QED) is 0.309. The van der Waals surface area contributed by atoms with Crippen LogP contribution in [0.25, 0.3) is 16.5 Å². The van der Waals surface area contributed by atoms with Crippen molar-refractivity contribution in [2.24, 2.45) is 27.5 Å². The normalized spacial score (nSPS) is 17.8. The van der Waals surface area contributed by atoms with Crippen LogP contribution in [0.4, 0.5) is 11.4 Å². The highest BCUT2D eigenvalue weighted by Crippen LogP contribution is 2.39. The van der Waals surface area contributed by atoms with Gasteiger partial charge in [0.15, 0.2) is 23.0 Å². The molecule has 3 heterocycles. The Labute approximate surface area is 225 Å². The van der Waals surface area contributed by atoms with Crippen LogP contribution in [0.2, 0.25) is 0 Å². The minimum absolute atomic E-state index is 0.133. The van der Waals surface area contributed by atoms with Gasteiger partial charge in [-0.3, -0.25) is 14.9 Å². The average molecular weight is 521 g/mol. The number of aromatic nitrogens is 2. The lowest BCUT2D eigenvalue weighted by Crippen LogP contribution is -2.30. The number of para-hydroxylation sites is 1. The molecule has 1 fully saturated rings. The summed E-state index contributed by atoms with van der Waals surface area (Å²) in [4.78, 5) is 15.5. The van der Waals surface area contributed by atoms with Crippen LogP contribution >= 0.6 is 0 Å². The van der Waals surface area contributed by atoms with Crippen LogP contribution in [0.5, 0.6) is 5.75 Å². The number of likely N-dealkylation sites (tertiary alicyclic amines) is 1. The number of hydrogen-bond acceptors (Lipinski definition) is 8. The molecule has 0 amide bonds. The van der Waals surface area contributed by atoms with Gasteiger partial charge in [0, 0.05) is 25.5 Å². The molecule has 39 heavy (non-hydrogen) atoms. The van der Waals surface area contributed by atoms with Crippen molar-refractivity contribution >= 4 is 28.0 Å². The average Bonchev–Trinajstić information content (AvgIpc) is 3.17. The monoisotopic (exact) mass is 520 g/mol. The number of nitrogens with zero attached hydrogens (tertiary/aromatic N) is 7. The maximum absolute atomic E-state index is 13.4. The molecule has 0 atom stereocenters. The van der Waals surface area contributed by atoms with E-state index in [1.165, 1.54) is 0 Å². The molecule has 1 aromatic heterocycles. The zero-order chi connectivity index (χ0) is 26.9. The van der Waals surface area contributed by atoms with Crippen molar-refractivity contribution in [2.45, 2.75) is 26.2 Å². The first-order valence-corrected chi connectivity index (χ1v) is 13.0. The van der Waals surface area contributed by atoms with Crippen LogP contribution in [-0.4, -0.2) is 33.3 Å². The Hall–Kier alpha value is -4.86. The third-order valence-corrected chi connectivity index (χ3v) is 7.18. The topological polar surface area (TPSA) is 113 Å². The van der Waals surface area contributed by atoms with Crippen LogP contribution in [-0.2, 0) is 7.05 Å². The zero-order valence-corrected chi connectivity index (χ0v) is 21.8. The second kappa shape index (κ2) is 10.1. The number of piperidine rings is 1. The van der Waals surface area contributed by atoms with Crippen LogP contribution in [0.15, 0.2) is 103 Å². The number of fused-ring (bicyclic) bond motifs is 3. The number of ether oxygens (including phenoxy) is 1. The van der Waals surface area contributed by atoms with Crippen molar-refractivity contribution in [3.8, 4) is 11.4 Å². The molecule has 0 unspecified atom stereocenters. The highest BCUT2D eigenvalue weighted by atomic mass is 16.5. The third-order valence-electron chi connectivity index (χ3n) is 7.18. The summed E-state index contributed by atoms with van der Waals surface area (Å²) < 4.78 is 9.32. The summed E-state index contributed by atoms with van der Waals surface area (Å²) in [6.07, 6.45) is 3.12. The first-order chi connectivity index (χ1) is 19.0. The molecule has 1 N–H and O–H groups in total. The first kappa shape index (κ1) is 24.5. The highest BCUT2D eigenvalue weighted by molar-refractivity contribution is 5.99. The second-order valence-corrected chi connectivity index (χ2v) is 9.59. The van der Waals surface area contributed by atoms with Gasteiger partial charge < -0.3 is 9.64 Å². The Bertz CT molecular complexity index is 1720. The maximum Gasteiger partial charge on any atom is 0.299 e. The van der Waals surface area contributed by atoms with Gasteiger partial charge in [0.1, 0.15) is 5.69 Å². The summed E-state index contributed by atoms with van der Waals surface area (Å²) in [6.45, 7) is 3.33. The van der Waals surface area contributed by atoms with Crippen LogP contribution in [0.1, 0.15) is 25.0 Å². The van der Waals surface area contributed by atoms with E-state index in [0.29, 0.717) is 23.0 Å². The van der Waals surface area contributed by atoms with E-state index in [4.69, 9.17) is 10.1 Å². The van der Waals surface area contributed by atoms with Gasteiger partial charge in [0.05, 0.1) is 11.4 Å². The summed E-state index contributed by atoms with van der Waals surface area (Å²) in [5.74, 6) is 0.626. The largest absolute Gasteiger partial charge is 0.435 e. The molecule has 10 heteroatoms. The summed E-state index contributed by atoms with van der Waals surface area (Å²) in [5, 5.41) is 28.8. The highest BCUT2D eigenvalue weighted by Gasteiger charge is 2.26. The van der Waals surface area contributed by atoms with E-state index in [1.54, 1.807) is 22.5 Å². The van der Waals surface area contributed by atoms with E-state index in [2.05, 4.69) is 25.4 Å². The van der Waals surface area contributed by atoms with Gasteiger partial charge in [-0.25, -0.2) is 4.68 Å². The van der Waals surface area contributed by atoms with Crippen molar-refractivity contribution < 1.29 is 4.74 Å². The van der Waals surface area contributed by atoms with Crippen LogP contribution < -0.4 is 10.3 Å². The molecule has 3 aromatic carbocycles. The lowest BCUT2D eigenvalue weighted by atomic mass is 10.1. The van der Waals surface area contributed by atoms with E-state index in [9.17, 15) is 4.79 Å². The summed E-state index contributed by atoms with van der Waals surface area (Å²) in [6, 6.07) is 20.9. The smallest absolute Gasteiger partial charge is 0.299 e. The fraction of sp³-hybridized carbons (Fsp3) is 0.241. The molecule has 2 aliphatic rings.